The van der Waals surface area contributed by atoms with Crippen LogP contribution in [0.2, 0.25) is 0 Å². The number of rotatable bonds is 5. The van der Waals surface area contributed by atoms with E-state index >= 15 is 0 Å². The van der Waals surface area contributed by atoms with Crippen molar-refractivity contribution in [2.45, 2.75) is 18.7 Å². The average molecular weight is 289 g/mol. The van der Waals surface area contributed by atoms with Gasteiger partial charge in [-0.05, 0) is 29.7 Å². The van der Waals surface area contributed by atoms with Gasteiger partial charge in [-0.15, -0.1) is 11.6 Å². The first kappa shape index (κ1) is 14.6. The molecule has 0 aliphatic heterocycles. The molecule has 20 heavy (non-hydrogen) atoms. The molecular weight excluding hydrogens is 272 g/mol. The fraction of sp³-hybridized carbons (Fsp3) is 0.235. The highest BCUT2D eigenvalue weighted by Crippen LogP contribution is 2.23. The van der Waals surface area contributed by atoms with Crippen LogP contribution in [-0.2, 0) is 0 Å². The number of alkyl halides is 1. The third-order valence-electron chi connectivity index (χ3n) is 3.24. The molecule has 0 saturated heterocycles. The van der Waals surface area contributed by atoms with Crippen LogP contribution in [0.1, 0.15) is 23.7 Å². The number of ether oxygens (including phenoxy) is 1. The molecule has 1 atom stereocenters. The van der Waals surface area contributed by atoms with E-state index in [9.17, 15) is 4.79 Å². The molecule has 0 spiro atoms. The Morgan fingerprint density at radius 2 is 1.55 bits per heavy atom. The van der Waals surface area contributed by atoms with E-state index in [-0.39, 0.29) is 5.78 Å². The SMILES string of the molecule is CCC(Cl)C(=O)c1ccc(-c2ccc(OC)cc2)cc1. The van der Waals surface area contributed by atoms with E-state index in [1.165, 1.54) is 0 Å². The van der Waals surface area contributed by atoms with Crippen LogP contribution < -0.4 is 4.74 Å². The maximum Gasteiger partial charge on any atom is 0.180 e. The molecule has 0 aromatic heterocycles. The Morgan fingerprint density at radius 3 is 2.00 bits per heavy atom. The molecular formula is C17H17ClO2. The molecule has 0 aliphatic carbocycles. The Hall–Kier alpha value is -1.80. The summed E-state index contributed by atoms with van der Waals surface area (Å²) in [4.78, 5) is 12.0. The summed E-state index contributed by atoms with van der Waals surface area (Å²) in [5.41, 5.74) is 2.80. The Labute approximate surface area is 124 Å². The van der Waals surface area contributed by atoms with Crippen molar-refractivity contribution in [2.75, 3.05) is 7.11 Å². The van der Waals surface area contributed by atoms with Gasteiger partial charge in [-0.25, -0.2) is 0 Å². The van der Waals surface area contributed by atoms with Gasteiger partial charge in [-0.2, -0.15) is 0 Å². The van der Waals surface area contributed by atoms with Crippen LogP contribution in [0.4, 0.5) is 0 Å². The number of Topliss-reactive ketones (excluding diaryl/α,β-unsaturated/α-hetero) is 1. The van der Waals surface area contributed by atoms with Gasteiger partial charge in [-0.1, -0.05) is 43.3 Å². The molecule has 2 nitrogen and oxygen atoms in total. The smallest absolute Gasteiger partial charge is 0.180 e. The molecule has 0 amide bonds. The van der Waals surface area contributed by atoms with Gasteiger partial charge in [-0.3, -0.25) is 4.79 Å². The van der Waals surface area contributed by atoms with Crippen molar-refractivity contribution in [3.8, 4) is 16.9 Å². The van der Waals surface area contributed by atoms with Crippen LogP contribution in [0.15, 0.2) is 48.5 Å². The molecule has 2 aromatic carbocycles. The molecule has 0 N–H and O–H groups in total. The van der Waals surface area contributed by atoms with Gasteiger partial charge in [0.2, 0.25) is 0 Å². The van der Waals surface area contributed by atoms with Crippen molar-refractivity contribution < 1.29 is 9.53 Å². The number of hydrogen-bond acceptors (Lipinski definition) is 2. The third-order valence-corrected chi connectivity index (χ3v) is 3.74. The second-order valence-corrected chi connectivity index (χ2v) is 5.07. The lowest BCUT2D eigenvalue weighted by Crippen LogP contribution is -2.13. The highest BCUT2D eigenvalue weighted by molar-refractivity contribution is 6.33. The lowest BCUT2D eigenvalue weighted by molar-refractivity contribution is 0.0985. The first-order valence-corrected chi connectivity index (χ1v) is 7.02. The van der Waals surface area contributed by atoms with Gasteiger partial charge in [0.05, 0.1) is 12.5 Å². The number of hydrogen-bond donors (Lipinski definition) is 0. The summed E-state index contributed by atoms with van der Waals surface area (Å²) in [6.45, 7) is 1.90. The zero-order valence-electron chi connectivity index (χ0n) is 11.6. The van der Waals surface area contributed by atoms with E-state index in [0.717, 1.165) is 16.9 Å². The molecule has 0 radical (unpaired) electrons. The highest BCUT2D eigenvalue weighted by Gasteiger charge is 2.14. The zero-order chi connectivity index (χ0) is 14.5. The predicted octanol–water partition coefficient (Wildman–Crippen LogP) is 4.56. The molecule has 0 heterocycles. The van der Waals surface area contributed by atoms with E-state index < -0.39 is 5.38 Å². The second kappa shape index (κ2) is 6.58. The summed E-state index contributed by atoms with van der Waals surface area (Å²) in [6, 6.07) is 15.3. The fourth-order valence-electron chi connectivity index (χ4n) is 1.98. The zero-order valence-corrected chi connectivity index (χ0v) is 12.4. The summed E-state index contributed by atoms with van der Waals surface area (Å²) in [5, 5.41) is -0.443. The normalized spacial score (nSPS) is 11.9. The Balaban J connectivity index is 2.21. The van der Waals surface area contributed by atoms with Crippen molar-refractivity contribution in [3.63, 3.8) is 0 Å². The molecule has 1 unspecified atom stereocenters. The quantitative estimate of drug-likeness (QED) is 0.595. The lowest BCUT2D eigenvalue weighted by Gasteiger charge is -2.07. The maximum atomic E-state index is 12.0. The molecule has 3 heteroatoms. The predicted molar refractivity (Wildman–Crippen MR) is 82.7 cm³/mol. The van der Waals surface area contributed by atoms with Gasteiger partial charge in [0, 0.05) is 5.56 Å². The van der Waals surface area contributed by atoms with Crippen LogP contribution in [0.3, 0.4) is 0 Å². The van der Waals surface area contributed by atoms with E-state index in [4.69, 9.17) is 16.3 Å². The van der Waals surface area contributed by atoms with Crippen LogP contribution in [-0.4, -0.2) is 18.3 Å². The standard InChI is InChI=1S/C17H17ClO2/c1-3-16(18)17(19)14-6-4-12(5-7-14)13-8-10-15(20-2)11-9-13/h4-11,16H,3H2,1-2H3. The summed E-state index contributed by atoms with van der Waals surface area (Å²) in [7, 11) is 1.64. The molecule has 0 saturated carbocycles. The maximum absolute atomic E-state index is 12.0. The number of carbonyl (C=O) groups is 1. The number of benzene rings is 2. The molecule has 0 aliphatic rings. The van der Waals surface area contributed by atoms with Crippen LogP contribution in [0, 0.1) is 0 Å². The Bertz CT molecular complexity index is 573. The minimum absolute atomic E-state index is 0.0181. The van der Waals surface area contributed by atoms with Gasteiger partial charge >= 0.3 is 0 Å². The highest BCUT2D eigenvalue weighted by atomic mass is 35.5. The van der Waals surface area contributed by atoms with E-state index in [1.54, 1.807) is 7.11 Å². The minimum Gasteiger partial charge on any atom is -0.497 e. The topological polar surface area (TPSA) is 26.3 Å². The lowest BCUT2D eigenvalue weighted by atomic mass is 10.0. The summed E-state index contributed by atoms with van der Waals surface area (Å²) >= 11 is 5.98. The van der Waals surface area contributed by atoms with Crippen LogP contribution in [0.25, 0.3) is 11.1 Å². The molecule has 2 rings (SSSR count). The summed E-state index contributed by atoms with van der Waals surface area (Å²) in [5.74, 6) is 0.809. The summed E-state index contributed by atoms with van der Waals surface area (Å²) < 4.78 is 5.13. The van der Waals surface area contributed by atoms with Crippen LogP contribution >= 0.6 is 11.6 Å². The van der Waals surface area contributed by atoms with E-state index in [0.29, 0.717) is 12.0 Å². The Kier molecular flexibility index (Phi) is 4.80. The molecule has 2 aromatic rings. The van der Waals surface area contributed by atoms with E-state index in [2.05, 4.69) is 0 Å². The molecule has 0 bridgehead atoms. The van der Waals surface area contributed by atoms with Gasteiger partial charge in [0.1, 0.15) is 5.75 Å². The molecule has 104 valence electrons. The van der Waals surface area contributed by atoms with Gasteiger partial charge in [0.15, 0.2) is 5.78 Å². The summed E-state index contributed by atoms with van der Waals surface area (Å²) in [6.07, 6.45) is 0.640. The van der Waals surface area contributed by atoms with Gasteiger partial charge in [0.25, 0.3) is 0 Å². The molecule has 0 fully saturated rings. The Morgan fingerprint density at radius 1 is 1.05 bits per heavy atom. The average Bonchev–Trinajstić information content (AvgIpc) is 2.53. The van der Waals surface area contributed by atoms with E-state index in [1.807, 2.05) is 55.5 Å². The monoisotopic (exact) mass is 288 g/mol. The van der Waals surface area contributed by atoms with Crippen molar-refractivity contribution in [1.29, 1.82) is 0 Å². The fourth-order valence-corrected chi connectivity index (χ4v) is 2.10. The number of halogens is 1. The van der Waals surface area contributed by atoms with Crippen LogP contribution in [0.5, 0.6) is 5.75 Å². The number of carbonyl (C=O) groups excluding carboxylic acids is 1. The first-order chi connectivity index (χ1) is 9.65. The van der Waals surface area contributed by atoms with Crippen molar-refractivity contribution >= 4 is 17.4 Å². The number of methoxy groups -OCH3 is 1. The second-order valence-electron chi connectivity index (χ2n) is 4.55. The largest absolute Gasteiger partial charge is 0.497 e. The van der Waals surface area contributed by atoms with Crippen molar-refractivity contribution in [1.82, 2.24) is 0 Å². The minimum atomic E-state index is -0.443. The number of ketones is 1. The third kappa shape index (κ3) is 3.20. The van der Waals surface area contributed by atoms with Gasteiger partial charge < -0.3 is 4.74 Å². The van der Waals surface area contributed by atoms with Crippen molar-refractivity contribution in [2.24, 2.45) is 0 Å². The first-order valence-electron chi connectivity index (χ1n) is 6.58. The van der Waals surface area contributed by atoms with Crippen molar-refractivity contribution in [3.05, 3.63) is 54.1 Å².